The smallest absolute Gasteiger partial charge is 0.328 e. The van der Waals surface area contributed by atoms with E-state index in [4.69, 9.17) is 19.4 Å². The average Bonchev–Trinajstić information content (AvgIpc) is 2.68. The molecule has 2 aromatic rings. The van der Waals surface area contributed by atoms with Crippen molar-refractivity contribution in [3.8, 4) is 17.2 Å². The normalized spacial score (nSPS) is 16.3. The number of esters is 1. The van der Waals surface area contributed by atoms with Gasteiger partial charge in [-0.15, -0.1) is 0 Å². The van der Waals surface area contributed by atoms with E-state index in [1.54, 1.807) is 87.6 Å². The monoisotopic (exact) mass is 728 g/mol. The molecule has 0 amide bonds. The van der Waals surface area contributed by atoms with Crippen LogP contribution in [0.25, 0.3) is 0 Å². The van der Waals surface area contributed by atoms with Gasteiger partial charge >= 0.3 is 11.9 Å². The number of alkyl halides is 2. The molecule has 0 bridgehead atoms. The standard InChI is InChI=1S/C18H17I3N2O5/c1-9(22)17(26)28-11-4-2-10(3-5-11)27-12-6-7-13(14(19)8-12)18(20,21)15(23)16(24)25/h2-9,15H,22-23H2,1H3,(H,24,25)/t9-,15+/m0/s1/i15T/hT2. The zero-order chi connectivity index (χ0) is 23.6. The van der Waals surface area contributed by atoms with Crippen LogP contribution in [0, 0.1) is 3.57 Å². The first kappa shape index (κ1) is 19.3. The van der Waals surface area contributed by atoms with E-state index in [0.717, 1.165) is 0 Å². The molecule has 0 aromatic heterocycles. The number of aliphatic carboxylic acids is 1. The van der Waals surface area contributed by atoms with Gasteiger partial charge in [0.15, 0.2) is 0 Å². The third-order valence-electron chi connectivity index (χ3n) is 3.43. The van der Waals surface area contributed by atoms with Crippen LogP contribution in [-0.2, 0) is 11.0 Å². The number of rotatable bonds is 8. The summed E-state index contributed by atoms with van der Waals surface area (Å²) in [5.74, 6) is -0.900. The maximum Gasteiger partial charge on any atom is 0.328 e. The number of carbonyl (C=O) groups excluding carboxylic acids is 1. The zero-order valence-electron chi connectivity index (χ0n) is 17.4. The van der Waals surface area contributed by atoms with E-state index in [2.05, 4.69) is 0 Å². The summed E-state index contributed by atoms with van der Waals surface area (Å²) in [6.07, 6.45) is 0. The number of hydrogen-bond donors (Lipinski definition) is 3. The quantitative estimate of drug-likeness (QED) is 0.164. The number of hydrogen-bond acceptors (Lipinski definition) is 6. The summed E-state index contributed by atoms with van der Waals surface area (Å²) in [4.78, 5) is 23.2. The summed E-state index contributed by atoms with van der Waals surface area (Å²) in [5, 5.41) is 9.50. The number of carboxylic acids is 1. The van der Waals surface area contributed by atoms with Crippen LogP contribution in [0.15, 0.2) is 42.5 Å². The number of carbonyl (C=O) groups is 2. The van der Waals surface area contributed by atoms with E-state index in [9.17, 15) is 14.7 Å². The molecule has 0 unspecified atom stereocenters. The van der Waals surface area contributed by atoms with Gasteiger partial charge in [-0.25, -0.2) is 4.79 Å². The SMILES string of the molecule is [3H]N([3H])[C@]([3H])(C(=O)O)C(I)(I)c1ccc(Oc2ccc(OC(=O)[C@H](C)N)cc2)cc1I. The highest BCUT2D eigenvalue weighted by molar-refractivity contribution is 14.2. The summed E-state index contributed by atoms with van der Waals surface area (Å²) in [6.45, 7) is 1.53. The fourth-order valence-corrected chi connectivity index (χ4v) is 5.32. The Morgan fingerprint density at radius 3 is 2.25 bits per heavy atom. The molecule has 5 N–H and O–H groups in total. The van der Waals surface area contributed by atoms with Crippen LogP contribution in [0.3, 0.4) is 0 Å². The lowest BCUT2D eigenvalue weighted by atomic mass is 10.1. The van der Waals surface area contributed by atoms with Crippen LogP contribution >= 0.6 is 67.8 Å². The molecule has 2 atom stereocenters. The Morgan fingerprint density at radius 1 is 1.18 bits per heavy atom. The fourth-order valence-electron chi connectivity index (χ4n) is 2.00. The molecule has 0 saturated carbocycles. The molecular formula is C18H17I3N2O5. The van der Waals surface area contributed by atoms with E-state index in [-0.39, 0.29) is 5.72 Å². The minimum atomic E-state index is -2.55. The molecule has 0 saturated heterocycles. The second kappa shape index (κ2) is 9.86. The fraction of sp³-hybridized carbons (Fsp3) is 0.222. The summed E-state index contributed by atoms with van der Waals surface area (Å²) < 4.78 is 33.2. The Kier molecular flexibility index (Phi) is 6.79. The second-order valence-electron chi connectivity index (χ2n) is 5.65. The van der Waals surface area contributed by atoms with Crippen molar-refractivity contribution in [2.24, 2.45) is 11.5 Å². The molecule has 2 rings (SSSR count). The molecule has 0 radical (unpaired) electrons. The van der Waals surface area contributed by atoms with Crippen LogP contribution in [0.4, 0.5) is 0 Å². The predicted molar refractivity (Wildman–Crippen MR) is 130 cm³/mol. The average molecular weight is 728 g/mol. The molecule has 0 aliphatic heterocycles. The molecule has 0 aliphatic carbocycles. The van der Waals surface area contributed by atoms with Crippen molar-refractivity contribution in [3.05, 3.63) is 51.6 Å². The van der Waals surface area contributed by atoms with E-state index in [1.165, 1.54) is 6.92 Å². The van der Waals surface area contributed by atoms with E-state index < -0.39 is 25.4 Å². The third kappa shape index (κ3) is 5.90. The first-order chi connectivity index (χ1) is 14.3. The Bertz CT molecular complexity index is 976. The third-order valence-corrected chi connectivity index (χ3v) is 6.50. The number of nitrogens with two attached hydrogens (primary N) is 2. The summed E-state index contributed by atoms with van der Waals surface area (Å²) in [7, 11) is 0. The molecular weight excluding hydrogens is 705 g/mol. The maximum absolute atomic E-state index is 11.7. The van der Waals surface area contributed by atoms with Crippen LogP contribution in [0.2, 0.25) is 2.82 Å². The molecule has 0 spiro atoms. The van der Waals surface area contributed by atoms with Gasteiger partial charge in [-0.3, -0.25) is 4.79 Å². The topological polar surface area (TPSA) is 125 Å². The van der Waals surface area contributed by atoms with Gasteiger partial charge in [0.1, 0.15) is 33.6 Å². The van der Waals surface area contributed by atoms with Crippen molar-refractivity contribution in [1.82, 2.24) is 0 Å². The van der Waals surface area contributed by atoms with Crippen molar-refractivity contribution >= 4 is 79.7 Å². The number of ether oxygens (including phenoxy) is 2. The molecule has 2 aromatic carbocycles. The lowest BCUT2D eigenvalue weighted by Gasteiger charge is -2.26. The van der Waals surface area contributed by atoms with Crippen molar-refractivity contribution in [2.75, 3.05) is 0 Å². The van der Waals surface area contributed by atoms with Crippen molar-refractivity contribution < 1.29 is 28.4 Å². The second-order valence-corrected chi connectivity index (χ2v) is 12.1. The van der Waals surface area contributed by atoms with Gasteiger partial charge in [0.2, 0.25) is 0 Å². The minimum Gasteiger partial charge on any atom is -0.480 e. The van der Waals surface area contributed by atoms with Gasteiger partial charge in [-0.2, -0.15) is 0 Å². The van der Waals surface area contributed by atoms with Gasteiger partial charge in [0.05, 0.1) is 1.37 Å². The molecule has 28 heavy (non-hydrogen) atoms. The van der Waals surface area contributed by atoms with Gasteiger partial charge in [-0.05, 0) is 71.5 Å². The lowest BCUT2D eigenvalue weighted by molar-refractivity contribution is -0.138. The minimum absolute atomic E-state index is 0.117. The Hall–Kier alpha value is -0.710. The molecule has 0 fully saturated rings. The van der Waals surface area contributed by atoms with Crippen LogP contribution in [0.5, 0.6) is 17.2 Å². The molecule has 10 heteroatoms. The van der Waals surface area contributed by atoms with Crippen molar-refractivity contribution in [2.45, 2.75) is 20.4 Å². The highest BCUT2D eigenvalue weighted by Gasteiger charge is 2.39. The van der Waals surface area contributed by atoms with Crippen LogP contribution in [-0.4, -0.2) is 29.1 Å². The Balaban J connectivity index is 2.25. The van der Waals surface area contributed by atoms with Gasteiger partial charge < -0.3 is 26.0 Å². The maximum atomic E-state index is 11.7. The largest absolute Gasteiger partial charge is 0.480 e. The first-order valence-corrected chi connectivity index (χ1v) is 11.0. The van der Waals surface area contributed by atoms with Crippen molar-refractivity contribution in [3.63, 3.8) is 0 Å². The lowest BCUT2D eigenvalue weighted by Crippen LogP contribution is -2.43. The molecule has 7 nitrogen and oxygen atoms in total. The predicted octanol–water partition coefficient (Wildman–Crippen LogP) is 3.77. The summed E-state index contributed by atoms with van der Waals surface area (Å²) >= 11 is 5.53. The highest BCUT2D eigenvalue weighted by atomic mass is 127. The Labute approximate surface area is 207 Å². The van der Waals surface area contributed by atoms with E-state index in [1.807, 2.05) is 22.6 Å². The highest BCUT2D eigenvalue weighted by Crippen LogP contribution is 2.44. The molecule has 150 valence electrons. The van der Waals surface area contributed by atoms with Crippen LogP contribution in [0.1, 0.15) is 13.9 Å². The summed E-state index contributed by atoms with van der Waals surface area (Å²) in [6, 6.07) is 7.93. The van der Waals surface area contributed by atoms with Gasteiger partial charge in [0, 0.05) is 3.57 Å². The Morgan fingerprint density at radius 2 is 1.75 bits per heavy atom. The van der Waals surface area contributed by atoms with E-state index >= 15 is 0 Å². The number of benzene rings is 2. The van der Waals surface area contributed by atoms with Gasteiger partial charge in [0.25, 0.3) is 0 Å². The first-order valence-electron chi connectivity index (χ1n) is 9.14. The van der Waals surface area contributed by atoms with Gasteiger partial charge in [-0.1, -0.05) is 51.2 Å². The number of carboxylic acid groups (broad SMARTS) is 1. The number of halogens is 3. The molecule has 0 heterocycles. The van der Waals surface area contributed by atoms with Crippen molar-refractivity contribution in [1.29, 1.82) is 0 Å². The van der Waals surface area contributed by atoms with E-state index in [0.29, 0.717) is 26.4 Å². The zero-order valence-corrected chi connectivity index (χ0v) is 20.8. The summed E-state index contributed by atoms with van der Waals surface area (Å²) in [5.41, 5.74) is 5.81. The van der Waals surface area contributed by atoms with Crippen LogP contribution < -0.4 is 20.9 Å². The molecule has 0 aliphatic rings.